The van der Waals surface area contributed by atoms with E-state index in [-0.39, 0.29) is 31.1 Å². The quantitative estimate of drug-likeness (QED) is 0.275. The lowest BCUT2D eigenvalue weighted by molar-refractivity contribution is -0.154. The van der Waals surface area contributed by atoms with Gasteiger partial charge in [0.25, 0.3) is 0 Å². The van der Waals surface area contributed by atoms with Gasteiger partial charge in [-0.15, -0.1) is 0 Å². The second-order valence-electron chi connectivity index (χ2n) is 9.50. The smallest absolute Gasteiger partial charge is 0.331 e. The fraction of sp³-hybridized carbons (Fsp3) is 0.565. The predicted octanol–water partition coefficient (Wildman–Crippen LogP) is 1.11. The van der Waals surface area contributed by atoms with Crippen LogP contribution in [0.5, 0.6) is 0 Å². The highest BCUT2D eigenvalue weighted by Crippen LogP contribution is 2.29. The zero-order valence-electron chi connectivity index (χ0n) is 19.1. The molecule has 0 amide bonds. The van der Waals surface area contributed by atoms with Crippen molar-refractivity contribution in [3.8, 4) is 0 Å². The Kier molecular flexibility index (Phi) is 8.85. The lowest BCUT2D eigenvalue weighted by Crippen LogP contribution is -2.69. The van der Waals surface area contributed by atoms with Crippen LogP contribution in [0, 0.1) is 11.8 Å². The number of carbonyl (C=O) groups excluding carboxylic acids is 2. The largest absolute Gasteiger partial charge is 0.480 e. The maximum Gasteiger partial charge on any atom is 0.331 e. The van der Waals surface area contributed by atoms with Gasteiger partial charge in [0.05, 0.1) is 5.54 Å². The molecule has 0 aromatic heterocycles. The molecule has 178 valence electrons. The highest BCUT2D eigenvalue weighted by molar-refractivity contribution is 6.15. The highest BCUT2D eigenvalue weighted by Gasteiger charge is 2.54. The van der Waals surface area contributed by atoms with E-state index in [1.165, 1.54) is 0 Å². The van der Waals surface area contributed by atoms with Crippen LogP contribution in [0.1, 0.15) is 52.5 Å². The van der Waals surface area contributed by atoms with Crippen molar-refractivity contribution < 1.29 is 29.4 Å². The number of carboxylic acids is 2. The number of ketones is 2. The second-order valence-corrected chi connectivity index (χ2v) is 9.50. The summed E-state index contributed by atoms with van der Waals surface area (Å²) < 4.78 is 0. The molecule has 3 atom stereocenters. The van der Waals surface area contributed by atoms with Gasteiger partial charge in [0.1, 0.15) is 0 Å². The van der Waals surface area contributed by atoms with E-state index in [1.54, 1.807) is 58.0 Å². The molecule has 0 heterocycles. The van der Waals surface area contributed by atoms with Crippen molar-refractivity contribution in [1.82, 2.24) is 0 Å². The predicted molar refractivity (Wildman–Crippen MR) is 120 cm³/mol. The molecular formula is C23H35N3O6. The Morgan fingerprint density at radius 3 is 1.66 bits per heavy atom. The molecule has 0 aliphatic rings. The summed E-state index contributed by atoms with van der Waals surface area (Å²) in [6.45, 7) is 6.83. The molecule has 0 fully saturated rings. The van der Waals surface area contributed by atoms with E-state index in [2.05, 4.69) is 0 Å². The van der Waals surface area contributed by atoms with Crippen molar-refractivity contribution in [2.45, 2.75) is 70.0 Å². The minimum Gasteiger partial charge on any atom is -0.480 e. The molecule has 0 aliphatic heterocycles. The summed E-state index contributed by atoms with van der Waals surface area (Å²) in [5, 5.41) is 19.4. The Morgan fingerprint density at radius 1 is 0.812 bits per heavy atom. The van der Waals surface area contributed by atoms with Crippen molar-refractivity contribution in [3.05, 3.63) is 35.9 Å². The molecular weight excluding hydrogens is 414 g/mol. The Hall–Kier alpha value is -2.62. The lowest BCUT2D eigenvalue weighted by Gasteiger charge is -2.37. The van der Waals surface area contributed by atoms with Gasteiger partial charge in [-0.2, -0.15) is 0 Å². The van der Waals surface area contributed by atoms with Crippen molar-refractivity contribution in [2.75, 3.05) is 0 Å². The number of rotatable bonds is 13. The first-order valence-electron chi connectivity index (χ1n) is 10.5. The molecule has 0 radical (unpaired) electrons. The SMILES string of the molecule is CC(C)CC(N)(C(=O)O)C(=O)CC(N)(Cc1ccccc1)C(=O)C(N)(CC(C)C)C(=O)O. The number of nitrogens with two attached hydrogens (primary N) is 3. The van der Waals surface area contributed by atoms with Gasteiger partial charge in [-0.05, 0) is 36.7 Å². The molecule has 1 aromatic rings. The van der Waals surface area contributed by atoms with Gasteiger partial charge >= 0.3 is 11.9 Å². The number of Topliss-reactive ketones (excluding diaryl/α,β-unsaturated/α-hetero) is 2. The fourth-order valence-electron chi connectivity index (χ4n) is 3.96. The van der Waals surface area contributed by atoms with E-state index < -0.39 is 46.5 Å². The van der Waals surface area contributed by atoms with Crippen LogP contribution in [0.15, 0.2) is 30.3 Å². The zero-order valence-corrected chi connectivity index (χ0v) is 19.1. The van der Waals surface area contributed by atoms with Crippen LogP contribution in [-0.4, -0.2) is 50.3 Å². The van der Waals surface area contributed by atoms with E-state index in [4.69, 9.17) is 17.2 Å². The molecule has 9 heteroatoms. The number of carbonyl (C=O) groups is 4. The first kappa shape index (κ1) is 27.4. The highest BCUT2D eigenvalue weighted by atomic mass is 16.4. The molecule has 0 bridgehead atoms. The van der Waals surface area contributed by atoms with E-state index >= 15 is 0 Å². The average molecular weight is 450 g/mol. The van der Waals surface area contributed by atoms with Gasteiger partial charge in [-0.1, -0.05) is 58.0 Å². The molecule has 3 unspecified atom stereocenters. The molecule has 9 nitrogen and oxygen atoms in total. The fourth-order valence-corrected chi connectivity index (χ4v) is 3.96. The van der Waals surface area contributed by atoms with Crippen molar-refractivity contribution >= 4 is 23.5 Å². The normalized spacial score (nSPS) is 17.3. The van der Waals surface area contributed by atoms with Gasteiger partial charge in [-0.25, -0.2) is 9.59 Å². The number of aliphatic carboxylic acids is 2. The van der Waals surface area contributed by atoms with E-state index in [1.807, 2.05) is 0 Å². The average Bonchev–Trinajstić information content (AvgIpc) is 2.66. The van der Waals surface area contributed by atoms with Crippen LogP contribution in [-0.2, 0) is 25.6 Å². The number of hydrogen-bond donors (Lipinski definition) is 5. The first-order valence-corrected chi connectivity index (χ1v) is 10.5. The second kappa shape index (κ2) is 10.3. The lowest BCUT2D eigenvalue weighted by atomic mass is 9.70. The van der Waals surface area contributed by atoms with Gasteiger partial charge in [0, 0.05) is 6.42 Å². The summed E-state index contributed by atoms with van der Waals surface area (Å²) >= 11 is 0. The Morgan fingerprint density at radius 2 is 1.25 bits per heavy atom. The van der Waals surface area contributed by atoms with E-state index in [0.717, 1.165) is 0 Å². The summed E-state index contributed by atoms with van der Waals surface area (Å²) in [5.74, 6) is -5.59. The van der Waals surface area contributed by atoms with Gasteiger partial charge < -0.3 is 27.4 Å². The number of benzene rings is 1. The minimum atomic E-state index is -2.35. The first-order chi connectivity index (χ1) is 14.6. The van der Waals surface area contributed by atoms with Crippen molar-refractivity contribution in [1.29, 1.82) is 0 Å². The summed E-state index contributed by atoms with van der Waals surface area (Å²) in [4.78, 5) is 50.6. The minimum absolute atomic E-state index is 0.171. The third-order valence-corrected chi connectivity index (χ3v) is 5.42. The van der Waals surface area contributed by atoms with Crippen molar-refractivity contribution in [3.63, 3.8) is 0 Å². The van der Waals surface area contributed by atoms with Crippen LogP contribution in [0.2, 0.25) is 0 Å². The molecule has 0 aliphatic carbocycles. The van der Waals surface area contributed by atoms with E-state index in [0.29, 0.717) is 5.56 Å². The molecule has 0 spiro atoms. The zero-order chi connectivity index (χ0) is 24.9. The standard InChI is InChI=1S/C23H35N3O6/c1-14(2)10-22(25,19(29)30)17(27)13-21(24,12-16-8-6-5-7-9-16)18(28)23(26,20(31)32)11-15(3)4/h5-9,14-15H,10-13,24-26H2,1-4H3,(H,29,30)(H,31,32). The van der Waals surface area contributed by atoms with E-state index in [9.17, 15) is 29.4 Å². The monoisotopic (exact) mass is 449 g/mol. The Bertz CT molecular complexity index is 857. The maximum atomic E-state index is 13.6. The molecule has 1 rings (SSSR count). The molecule has 8 N–H and O–H groups in total. The summed E-state index contributed by atoms with van der Waals surface area (Å²) in [5.41, 5.74) is 12.3. The molecule has 32 heavy (non-hydrogen) atoms. The summed E-state index contributed by atoms with van der Waals surface area (Å²) in [6, 6.07) is 8.48. The van der Waals surface area contributed by atoms with Gasteiger partial charge in [0.2, 0.25) is 0 Å². The molecule has 0 saturated carbocycles. The maximum absolute atomic E-state index is 13.6. The van der Waals surface area contributed by atoms with Crippen LogP contribution in [0.4, 0.5) is 0 Å². The number of carboxylic acid groups (broad SMARTS) is 2. The third kappa shape index (κ3) is 6.21. The van der Waals surface area contributed by atoms with Crippen LogP contribution < -0.4 is 17.2 Å². The van der Waals surface area contributed by atoms with Crippen LogP contribution in [0.3, 0.4) is 0 Å². The Balaban J connectivity index is 3.53. The molecule has 1 aromatic carbocycles. The van der Waals surface area contributed by atoms with Gasteiger partial charge in [0.15, 0.2) is 22.6 Å². The summed E-state index contributed by atoms with van der Waals surface area (Å²) in [6.07, 6.45) is -1.35. The van der Waals surface area contributed by atoms with Crippen LogP contribution >= 0.6 is 0 Å². The van der Waals surface area contributed by atoms with Crippen molar-refractivity contribution in [2.24, 2.45) is 29.0 Å². The number of hydrogen-bond acceptors (Lipinski definition) is 7. The molecule has 0 saturated heterocycles. The third-order valence-electron chi connectivity index (χ3n) is 5.42. The Labute approximate surface area is 188 Å². The topological polar surface area (TPSA) is 187 Å². The van der Waals surface area contributed by atoms with Gasteiger partial charge in [-0.3, -0.25) is 9.59 Å². The summed E-state index contributed by atoms with van der Waals surface area (Å²) in [7, 11) is 0. The van der Waals surface area contributed by atoms with Crippen LogP contribution in [0.25, 0.3) is 0 Å².